The number of rotatable bonds is 0. The fourth-order valence-corrected chi connectivity index (χ4v) is 1.53. The van der Waals surface area contributed by atoms with E-state index in [4.69, 9.17) is 5.73 Å². The van der Waals surface area contributed by atoms with E-state index in [0.717, 1.165) is 0 Å². The van der Waals surface area contributed by atoms with Gasteiger partial charge in [-0.25, -0.2) is 4.39 Å². The zero-order valence-corrected chi connectivity index (χ0v) is 7.62. The lowest BCUT2D eigenvalue weighted by molar-refractivity contribution is 0.629. The molecule has 4 heteroatoms. The maximum Gasteiger partial charge on any atom is 0.273 e. The average molecular weight is 192 g/mol. The number of aromatic nitrogens is 1. The van der Waals surface area contributed by atoms with Gasteiger partial charge in [0.1, 0.15) is 5.82 Å². The van der Waals surface area contributed by atoms with Crippen molar-refractivity contribution in [2.24, 2.45) is 7.05 Å². The molecule has 1 aromatic carbocycles. The van der Waals surface area contributed by atoms with Gasteiger partial charge >= 0.3 is 0 Å². The maximum atomic E-state index is 13.4. The number of nitrogens with zero attached hydrogens (tertiary/aromatic N) is 1. The van der Waals surface area contributed by atoms with E-state index in [2.05, 4.69) is 0 Å². The van der Waals surface area contributed by atoms with Gasteiger partial charge in [-0.2, -0.15) is 0 Å². The van der Waals surface area contributed by atoms with Crippen molar-refractivity contribution in [1.29, 1.82) is 0 Å². The van der Waals surface area contributed by atoms with Crippen LogP contribution in [0, 0.1) is 5.82 Å². The van der Waals surface area contributed by atoms with Crippen molar-refractivity contribution < 1.29 is 4.39 Å². The molecule has 2 N–H and O–H groups in total. The Labute approximate surface area is 79.6 Å². The van der Waals surface area contributed by atoms with E-state index >= 15 is 0 Å². The Morgan fingerprint density at radius 3 is 2.86 bits per heavy atom. The van der Waals surface area contributed by atoms with Gasteiger partial charge in [0.15, 0.2) is 0 Å². The maximum absolute atomic E-state index is 13.4. The van der Waals surface area contributed by atoms with Gasteiger partial charge in [-0.3, -0.25) is 4.79 Å². The summed E-state index contributed by atoms with van der Waals surface area (Å²) in [5.74, 6) is -0.415. The molecule has 0 aliphatic carbocycles. The first-order chi connectivity index (χ1) is 6.61. The summed E-state index contributed by atoms with van der Waals surface area (Å²) in [5.41, 5.74) is 5.52. The lowest BCUT2D eigenvalue weighted by atomic mass is 10.2. The Morgan fingerprint density at radius 2 is 2.14 bits per heavy atom. The minimum atomic E-state index is -0.415. The predicted molar refractivity (Wildman–Crippen MR) is 53.6 cm³/mol. The molecule has 0 radical (unpaired) electrons. The molecule has 1 aromatic heterocycles. The summed E-state index contributed by atoms with van der Waals surface area (Å²) in [6.07, 6.45) is 0. The summed E-state index contributed by atoms with van der Waals surface area (Å²) < 4.78 is 14.6. The molecule has 0 spiro atoms. The zero-order valence-electron chi connectivity index (χ0n) is 7.62. The van der Waals surface area contributed by atoms with Crippen LogP contribution in [0.5, 0.6) is 0 Å². The van der Waals surface area contributed by atoms with Crippen LogP contribution in [0.2, 0.25) is 0 Å². The standard InChI is InChI=1S/C10H9FN2O/c1-13-9-6(3-2-4-7(9)11)5-8(12)10(13)14/h2-5H,12H2,1H3. The normalized spacial score (nSPS) is 10.7. The smallest absolute Gasteiger partial charge is 0.273 e. The predicted octanol–water partition coefficient (Wildman–Crippen LogP) is 1.26. The van der Waals surface area contributed by atoms with E-state index in [9.17, 15) is 9.18 Å². The number of nitrogens with two attached hydrogens (primary N) is 1. The Balaban J connectivity index is 3.07. The highest BCUT2D eigenvalue weighted by atomic mass is 19.1. The summed E-state index contributed by atoms with van der Waals surface area (Å²) in [6.45, 7) is 0. The van der Waals surface area contributed by atoms with Crippen molar-refractivity contribution in [1.82, 2.24) is 4.57 Å². The molecule has 0 saturated heterocycles. The largest absolute Gasteiger partial charge is 0.394 e. The van der Waals surface area contributed by atoms with Crippen molar-refractivity contribution in [2.45, 2.75) is 0 Å². The van der Waals surface area contributed by atoms with Crippen LogP contribution in [0.3, 0.4) is 0 Å². The van der Waals surface area contributed by atoms with Crippen LogP contribution in [0.25, 0.3) is 10.9 Å². The number of nitrogen functional groups attached to an aromatic ring is 1. The Hall–Kier alpha value is -1.84. The molecule has 0 saturated carbocycles. The number of para-hydroxylation sites is 1. The van der Waals surface area contributed by atoms with E-state index in [0.29, 0.717) is 5.39 Å². The van der Waals surface area contributed by atoms with E-state index < -0.39 is 5.82 Å². The highest BCUT2D eigenvalue weighted by Crippen LogP contribution is 2.16. The van der Waals surface area contributed by atoms with Crippen LogP contribution in [-0.4, -0.2) is 4.57 Å². The van der Waals surface area contributed by atoms with E-state index in [1.807, 2.05) is 0 Å². The van der Waals surface area contributed by atoms with Gasteiger partial charge in [0.2, 0.25) is 0 Å². The van der Waals surface area contributed by atoms with E-state index in [1.165, 1.54) is 23.7 Å². The first-order valence-electron chi connectivity index (χ1n) is 4.15. The molecule has 0 aliphatic heterocycles. The fraction of sp³-hybridized carbons (Fsp3) is 0.100. The van der Waals surface area contributed by atoms with Crippen LogP contribution >= 0.6 is 0 Å². The molecule has 0 aliphatic rings. The molecular weight excluding hydrogens is 183 g/mol. The lowest BCUT2D eigenvalue weighted by Gasteiger charge is -2.06. The van der Waals surface area contributed by atoms with Gasteiger partial charge in [-0.05, 0) is 12.1 Å². The topological polar surface area (TPSA) is 48.0 Å². The minimum Gasteiger partial charge on any atom is -0.394 e. The van der Waals surface area contributed by atoms with Crippen LogP contribution in [0.15, 0.2) is 29.1 Å². The van der Waals surface area contributed by atoms with E-state index in [-0.39, 0.29) is 16.8 Å². The van der Waals surface area contributed by atoms with Gasteiger partial charge in [0.25, 0.3) is 5.56 Å². The molecule has 1 heterocycles. The molecule has 2 aromatic rings. The van der Waals surface area contributed by atoms with Crippen LogP contribution in [0.1, 0.15) is 0 Å². The summed E-state index contributed by atoms with van der Waals surface area (Å²) in [5, 5.41) is 0.629. The summed E-state index contributed by atoms with van der Waals surface area (Å²) in [7, 11) is 1.50. The molecule has 0 unspecified atom stereocenters. The number of hydrogen-bond donors (Lipinski definition) is 1. The molecule has 0 bridgehead atoms. The zero-order chi connectivity index (χ0) is 10.3. The second-order valence-corrected chi connectivity index (χ2v) is 3.14. The van der Waals surface area contributed by atoms with Crippen molar-refractivity contribution in [2.75, 3.05) is 5.73 Å². The van der Waals surface area contributed by atoms with E-state index in [1.54, 1.807) is 12.1 Å². The number of aryl methyl sites for hydroxylation is 1. The Bertz CT molecular complexity index is 560. The molecule has 3 nitrogen and oxygen atoms in total. The van der Waals surface area contributed by atoms with Crippen LogP contribution < -0.4 is 11.3 Å². The molecule has 72 valence electrons. The lowest BCUT2D eigenvalue weighted by Crippen LogP contribution is -2.20. The third-order valence-corrected chi connectivity index (χ3v) is 2.22. The van der Waals surface area contributed by atoms with Crippen LogP contribution in [0.4, 0.5) is 10.1 Å². The highest BCUT2D eigenvalue weighted by Gasteiger charge is 2.07. The fourth-order valence-electron chi connectivity index (χ4n) is 1.53. The first kappa shape index (κ1) is 8.74. The summed E-state index contributed by atoms with van der Waals surface area (Å²) >= 11 is 0. The number of pyridine rings is 1. The second-order valence-electron chi connectivity index (χ2n) is 3.14. The van der Waals surface area contributed by atoms with Crippen molar-refractivity contribution in [3.05, 3.63) is 40.4 Å². The number of halogens is 1. The summed E-state index contributed by atoms with van der Waals surface area (Å²) in [6, 6.07) is 6.11. The molecule has 0 atom stereocenters. The number of hydrogen-bond acceptors (Lipinski definition) is 2. The molecule has 0 amide bonds. The van der Waals surface area contributed by atoms with Gasteiger partial charge in [-0.15, -0.1) is 0 Å². The van der Waals surface area contributed by atoms with Crippen molar-refractivity contribution in [3.63, 3.8) is 0 Å². The van der Waals surface area contributed by atoms with Gasteiger partial charge in [0.05, 0.1) is 11.2 Å². The molecule has 14 heavy (non-hydrogen) atoms. The quantitative estimate of drug-likeness (QED) is 0.683. The summed E-state index contributed by atoms with van der Waals surface area (Å²) in [4.78, 5) is 11.4. The minimum absolute atomic E-state index is 0.130. The Morgan fingerprint density at radius 1 is 1.43 bits per heavy atom. The van der Waals surface area contributed by atoms with Gasteiger partial charge in [0, 0.05) is 12.4 Å². The molecule has 2 rings (SSSR count). The Kier molecular flexibility index (Phi) is 1.77. The van der Waals surface area contributed by atoms with Crippen molar-refractivity contribution in [3.8, 4) is 0 Å². The number of fused-ring (bicyclic) bond motifs is 1. The SMILES string of the molecule is Cn1c(=O)c(N)cc2cccc(F)c21. The highest BCUT2D eigenvalue weighted by molar-refractivity contribution is 5.82. The third-order valence-electron chi connectivity index (χ3n) is 2.22. The average Bonchev–Trinajstić information content (AvgIpc) is 2.14. The van der Waals surface area contributed by atoms with Gasteiger partial charge in [-0.1, -0.05) is 12.1 Å². The van der Waals surface area contributed by atoms with Crippen LogP contribution in [-0.2, 0) is 7.05 Å². The number of anilines is 1. The third kappa shape index (κ3) is 1.08. The molecule has 0 fully saturated rings. The second kappa shape index (κ2) is 2.83. The monoisotopic (exact) mass is 192 g/mol. The first-order valence-corrected chi connectivity index (χ1v) is 4.15. The van der Waals surface area contributed by atoms with Crippen molar-refractivity contribution >= 4 is 16.6 Å². The molecular formula is C10H9FN2O. The van der Waals surface area contributed by atoms with Gasteiger partial charge < -0.3 is 10.3 Å². The number of benzene rings is 1.